The Kier molecular flexibility index (Phi) is 3.44. The van der Waals surface area contributed by atoms with Crippen LogP contribution in [0.15, 0.2) is 16.6 Å². The minimum Gasteiger partial charge on any atom is -0.320 e. The smallest absolute Gasteiger partial charge is 0.244 e. The zero-order valence-electron chi connectivity index (χ0n) is 8.92. The molecule has 0 bridgehead atoms. The molecule has 0 radical (unpaired) electrons. The van der Waals surface area contributed by atoms with Crippen molar-refractivity contribution < 1.29 is 13.6 Å². The number of piperidine rings is 1. The van der Waals surface area contributed by atoms with Crippen LogP contribution < -0.4 is 10.6 Å². The average molecular weight is 305 g/mol. The zero-order valence-corrected chi connectivity index (χ0v) is 10.5. The van der Waals surface area contributed by atoms with Crippen molar-refractivity contribution in [1.82, 2.24) is 0 Å². The van der Waals surface area contributed by atoms with E-state index in [0.29, 0.717) is 19.4 Å². The molecule has 1 aromatic rings. The standard InChI is InChI=1S/C11H11BrF2N2O/c12-7-4-6(13)5-8(14)10(7)16-3-1-2-9(15)11(16)17/h4-5,9H,1-3,15H2. The Labute approximate surface area is 106 Å². The van der Waals surface area contributed by atoms with Crippen LogP contribution >= 0.6 is 15.9 Å². The van der Waals surface area contributed by atoms with Crippen molar-refractivity contribution in [2.24, 2.45) is 5.73 Å². The zero-order chi connectivity index (χ0) is 12.6. The lowest BCUT2D eigenvalue weighted by Gasteiger charge is -2.31. The molecule has 92 valence electrons. The molecular weight excluding hydrogens is 294 g/mol. The van der Waals surface area contributed by atoms with Gasteiger partial charge in [0.1, 0.15) is 5.82 Å². The van der Waals surface area contributed by atoms with Crippen LogP contribution in [0.5, 0.6) is 0 Å². The minimum atomic E-state index is -0.765. The lowest BCUT2D eigenvalue weighted by Crippen LogP contribution is -2.49. The first-order chi connectivity index (χ1) is 8.00. The third kappa shape index (κ3) is 2.32. The molecule has 2 N–H and O–H groups in total. The van der Waals surface area contributed by atoms with Crippen molar-refractivity contribution in [3.05, 3.63) is 28.2 Å². The van der Waals surface area contributed by atoms with Gasteiger partial charge in [-0.1, -0.05) is 0 Å². The van der Waals surface area contributed by atoms with Crippen molar-refractivity contribution in [3.8, 4) is 0 Å². The van der Waals surface area contributed by atoms with Crippen LogP contribution in [-0.2, 0) is 4.79 Å². The number of nitrogens with two attached hydrogens (primary N) is 1. The van der Waals surface area contributed by atoms with E-state index in [0.717, 1.165) is 12.1 Å². The van der Waals surface area contributed by atoms with Gasteiger partial charge in [-0.05, 0) is 34.8 Å². The third-order valence-electron chi connectivity index (χ3n) is 2.73. The first kappa shape index (κ1) is 12.4. The second-order valence-electron chi connectivity index (χ2n) is 3.96. The van der Waals surface area contributed by atoms with Gasteiger partial charge in [0.2, 0.25) is 5.91 Å². The molecule has 1 aliphatic heterocycles. The van der Waals surface area contributed by atoms with Crippen LogP contribution in [-0.4, -0.2) is 18.5 Å². The highest BCUT2D eigenvalue weighted by atomic mass is 79.9. The predicted octanol–water partition coefficient (Wildman–Crippen LogP) is 2.18. The molecule has 1 atom stereocenters. The first-order valence-electron chi connectivity index (χ1n) is 5.22. The maximum Gasteiger partial charge on any atom is 0.244 e. The second-order valence-corrected chi connectivity index (χ2v) is 4.81. The fourth-order valence-electron chi connectivity index (χ4n) is 1.92. The molecular formula is C11H11BrF2N2O. The molecule has 6 heteroatoms. The number of nitrogens with zero attached hydrogens (tertiary/aromatic N) is 1. The van der Waals surface area contributed by atoms with Crippen molar-refractivity contribution in [3.63, 3.8) is 0 Å². The Morgan fingerprint density at radius 3 is 2.76 bits per heavy atom. The molecule has 1 aromatic carbocycles. The van der Waals surface area contributed by atoms with Crippen molar-refractivity contribution in [1.29, 1.82) is 0 Å². The number of anilines is 1. The summed E-state index contributed by atoms with van der Waals surface area (Å²) in [7, 11) is 0. The van der Waals surface area contributed by atoms with Gasteiger partial charge in [-0.25, -0.2) is 8.78 Å². The summed E-state index contributed by atoms with van der Waals surface area (Å²) >= 11 is 3.07. The van der Waals surface area contributed by atoms with E-state index >= 15 is 0 Å². The fourth-order valence-corrected chi connectivity index (χ4v) is 2.54. The summed E-state index contributed by atoms with van der Waals surface area (Å²) in [6.45, 7) is 0.397. The van der Waals surface area contributed by atoms with Gasteiger partial charge >= 0.3 is 0 Å². The Morgan fingerprint density at radius 2 is 2.12 bits per heavy atom. The van der Waals surface area contributed by atoms with Gasteiger partial charge in [-0.15, -0.1) is 0 Å². The van der Waals surface area contributed by atoms with Crippen molar-refractivity contribution in [2.45, 2.75) is 18.9 Å². The van der Waals surface area contributed by atoms with Gasteiger partial charge in [-0.3, -0.25) is 4.79 Å². The number of rotatable bonds is 1. The molecule has 17 heavy (non-hydrogen) atoms. The number of carbonyl (C=O) groups is 1. The Balaban J connectivity index is 2.43. The molecule has 3 nitrogen and oxygen atoms in total. The monoisotopic (exact) mass is 304 g/mol. The molecule has 1 aliphatic rings. The number of carbonyl (C=O) groups excluding carboxylic acids is 1. The normalized spacial score (nSPS) is 20.8. The summed E-state index contributed by atoms with van der Waals surface area (Å²) < 4.78 is 26.9. The van der Waals surface area contributed by atoms with Gasteiger partial charge in [-0.2, -0.15) is 0 Å². The molecule has 1 saturated heterocycles. The van der Waals surface area contributed by atoms with Gasteiger partial charge < -0.3 is 10.6 Å². The lowest BCUT2D eigenvalue weighted by atomic mass is 10.0. The van der Waals surface area contributed by atoms with E-state index in [1.54, 1.807) is 0 Å². The molecule has 0 aliphatic carbocycles. The number of amides is 1. The topological polar surface area (TPSA) is 46.3 Å². The fraction of sp³-hybridized carbons (Fsp3) is 0.364. The van der Waals surface area contributed by atoms with E-state index in [1.807, 2.05) is 0 Å². The number of halogens is 3. The largest absolute Gasteiger partial charge is 0.320 e. The van der Waals surface area contributed by atoms with E-state index < -0.39 is 17.7 Å². The van der Waals surface area contributed by atoms with Gasteiger partial charge in [0, 0.05) is 17.1 Å². The number of benzene rings is 1. The van der Waals surface area contributed by atoms with Crippen molar-refractivity contribution in [2.75, 3.05) is 11.4 Å². The van der Waals surface area contributed by atoms with E-state index in [2.05, 4.69) is 15.9 Å². The third-order valence-corrected chi connectivity index (χ3v) is 3.34. The van der Waals surface area contributed by atoms with E-state index in [1.165, 1.54) is 4.90 Å². The predicted molar refractivity (Wildman–Crippen MR) is 63.6 cm³/mol. The Morgan fingerprint density at radius 1 is 1.41 bits per heavy atom. The van der Waals surface area contributed by atoms with Crippen LogP contribution in [0.3, 0.4) is 0 Å². The summed E-state index contributed by atoms with van der Waals surface area (Å²) in [5.41, 5.74) is 5.69. The highest BCUT2D eigenvalue weighted by Gasteiger charge is 2.30. The molecule has 0 aromatic heterocycles. The molecule has 1 unspecified atom stereocenters. The summed E-state index contributed by atoms with van der Waals surface area (Å²) in [5.74, 6) is -1.78. The van der Waals surface area contributed by atoms with Crippen LogP contribution in [0.25, 0.3) is 0 Å². The summed E-state index contributed by atoms with van der Waals surface area (Å²) in [6, 6.07) is 1.28. The molecule has 2 rings (SSSR count). The maximum absolute atomic E-state index is 13.7. The van der Waals surface area contributed by atoms with Crippen molar-refractivity contribution >= 4 is 27.5 Å². The van der Waals surface area contributed by atoms with Crippen LogP contribution in [0.2, 0.25) is 0 Å². The van der Waals surface area contributed by atoms with Gasteiger partial charge in [0.05, 0.1) is 11.7 Å². The van der Waals surface area contributed by atoms with Gasteiger partial charge in [0.25, 0.3) is 0 Å². The van der Waals surface area contributed by atoms with E-state index in [9.17, 15) is 13.6 Å². The Hall–Kier alpha value is -1.01. The van der Waals surface area contributed by atoms with E-state index in [4.69, 9.17) is 5.73 Å². The molecule has 1 fully saturated rings. The summed E-state index contributed by atoms with van der Waals surface area (Å²) in [5, 5.41) is 0. The number of hydrogen-bond acceptors (Lipinski definition) is 2. The highest BCUT2D eigenvalue weighted by molar-refractivity contribution is 9.10. The molecule has 0 spiro atoms. The number of hydrogen-bond donors (Lipinski definition) is 1. The van der Waals surface area contributed by atoms with E-state index in [-0.39, 0.29) is 16.1 Å². The molecule has 1 heterocycles. The molecule has 1 amide bonds. The molecule has 0 saturated carbocycles. The Bertz CT molecular complexity index is 444. The summed E-state index contributed by atoms with van der Waals surface area (Å²) in [4.78, 5) is 13.1. The lowest BCUT2D eigenvalue weighted by molar-refractivity contribution is -0.120. The van der Waals surface area contributed by atoms with Gasteiger partial charge in [0.15, 0.2) is 5.82 Å². The summed E-state index contributed by atoms with van der Waals surface area (Å²) in [6.07, 6.45) is 1.30. The van der Waals surface area contributed by atoms with Crippen LogP contribution in [0.4, 0.5) is 14.5 Å². The average Bonchev–Trinajstić information content (AvgIpc) is 2.23. The van der Waals surface area contributed by atoms with Crippen LogP contribution in [0, 0.1) is 11.6 Å². The highest BCUT2D eigenvalue weighted by Crippen LogP contribution is 2.32. The quantitative estimate of drug-likeness (QED) is 0.864. The maximum atomic E-state index is 13.7. The first-order valence-corrected chi connectivity index (χ1v) is 6.01. The second kappa shape index (κ2) is 4.70. The minimum absolute atomic E-state index is 0.0616. The van der Waals surface area contributed by atoms with Crippen LogP contribution in [0.1, 0.15) is 12.8 Å². The SMILES string of the molecule is NC1CCCN(c2c(F)cc(F)cc2Br)C1=O.